The van der Waals surface area contributed by atoms with Gasteiger partial charge in [-0.05, 0) is 75.1 Å². The highest BCUT2D eigenvalue weighted by molar-refractivity contribution is 7.16. The van der Waals surface area contributed by atoms with Gasteiger partial charge in [-0.1, -0.05) is 59.2 Å². The lowest BCUT2D eigenvalue weighted by atomic mass is 10.1. The molecule has 2 fully saturated rings. The van der Waals surface area contributed by atoms with E-state index in [9.17, 15) is 4.79 Å². The Bertz CT molecular complexity index is 1620. The number of aryl methyl sites for hydroxylation is 1. The molecule has 210 valence electrons. The fraction of sp³-hybridized carbons (Fsp3) is 0.312. The lowest BCUT2D eigenvalue weighted by Crippen LogP contribution is -2.45. The molecule has 1 amide bonds. The van der Waals surface area contributed by atoms with Gasteiger partial charge in [0.05, 0.1) is 26.2 Å². The highest BCUT2D eigenvalue weighted by Gasteiger charge is 2.29. The van der Waals surface area contributed by atoms with E-state index < -0.39 is 0 Å². The average molecular weight is 605 g/mol. The van der Waals surface area contributed by atoms with Gasteiger partial charge in [-0.2, -0.15) is 5.10 Å². The Morgan fingerprint density at radius 2 is 1.80 bits per heavy atom. The molecule has 0 atom stereocenters. The van der Waals surface area contributed by atoms with Gasteiger partial charge in [0.15, 0.2) is 5.69 Å². The maximum Gasteiger partial charge on any atom is 0.286 e. The number of hydrogen-bond acceptors (Lipinski definition) is 5. The molecule has 0 spiro atoms. The van der Waals surface area contributed by atoms with Gasteiger partial charge in [-0.3, -0.25) is 10.2 Å². The number of piperidine rings is 1. The number of aromatic nitrogens is 2. The minimum Gasteiger partial charge on any atom is -0.310 e. The number of nitrogens with one attached hydrogen (secondary N) is 2. The van der Waals surface area contributed by atoms with Crippen molar-refractivity contribution in [1.29, 1.82) is 0 Å². The summed E-state index contributed by atoms with van der Waals surface area (Å²) in [6.45, 7) is 4.27. The van der Waals surface area contributed by atoms with E-state index >= 15 is 0 Å². The molecule has 2 aliphatic rings. The summed E-state index contributed by atoms with van der Waals surface area (Å²) in [7, 11) is 0. The lowest BCUT2D eigenvalue weighted by Gasteiger charge is -2.26. The molecule has 4 aromatic rings. The van der Waals surface area contributed by atoms with Crippen LogP contribution in [0.25, 0.3) is 16.3 Å². The highest BCUT2D eigenvalue weighted by Crippen LogP contribution is 2.37. The third-order valence-corrected chi connectivity index (χ3v) is 8.86. The van der Waals surface area contributed by atoms with Gasteiger partial charge in [0.1, 0.15) is 0 Å². The maximum atomic E-state index is 13.7. The van der Waals surface area contributed by atoms with Crippen LogP contribution in [0.1, 0.15) is 64.2 Å². The number of carbonyl (C=O) groups is 1. The van der Waals surface area contributed by atoms with Crippen LogP contribution in [0.5, 0.6) is 0 Å². The van der Waals surface area contributed by atoms with Crippen molar-refractivity contribution in [3.8, 4) is 28.1 Å². The van der Waals surface area contributed by atoms with E-state index in [-0.39, 0.29) is 5.91 Å². The van der Waals surface area contributed by atoms with Crippen molar-refractivity contribution in [1.82, 2.24) is 25.5 Å². The molecule has 2 N–H and O–H groups in total. The molecule has 0 unspecified atom stereocenters. The van der Waals surface area contributed by atoms with Crippen molar-refractivity contribution in [3.05, 3.63) is 91.9 Å². The predicted molar refractivity (Wildman–Crippen MR) is 167 cm³/mol. The monoisotopic (exact) mass is 603 g/mol. The van der Waals surface area contributed by atoms with Crippen LogP contribution in [-0.2, 0) is 6.54 Å². The van der Waals surface area contributed by atoms with E-state index in [1.807, 2.05) is 35.3 Å². The van der Waals surface area contributed by atoms with Crippen LogP contribution in [0.2, 0.25) is 10.0 Å². The molecule has 6 rings (SSSR count). The first-order valence-corrected chi connectivity index (χ1v) is 15.6. The first kappa shape index (κ1) is 28.0. The van der Waals surface area contributed by atoms with Crippen molar-refractivity contribution in [2.45, 2.75) is 51.6 Å². The molecule has 9 heteroatoms. The lowest BCUT2D eigenvalue weighted by molar-refractivity contribution is 0.0743. The normalized spacial score (nSPS) is 15.4. The van der Waals surface area contributed by atoms with E-state index in [2.05, 4.69) is 41.6 Å². The summed E-state index contributed by atoms with van der Waals surface area (Å²) in [5, 5.41) is 11.5. The minimum absolute atomic E-state index is 0.208. The molecule has 1 aliphatic carbocycles. The zero-order valence-corrected chi connectivity index (χ0v) is 25.2. The molecular weight excluding hydrogens is 573 g/mol. The summed E-state index contributed by atoms with van der Waals surface area (Å²) in [6, 6.07) is 18.1. The van der Waals surface area contributed by atoms with Crippen LogP contribution in [-0.4, -0.2) is 39.8 Å². The summed E-state index contributed by atoms with van der Waals surface area (Å²) in [4.78, 5) is 15.6. The van der Waals surface area contributed by atoms with Gasteiger partial charge in [0, 0.05) is 41.8 Å². The van der Waals surface area contributed by atoms with Crippen LogP contribution in [0.4, 0.5) is 0 Å². The topological polar surface area (TPSA) is 62.2 Å². The molecule has 2 aromatic carbocycles. The van der Waals surface area contributed by atoms with E-state index in [4.69, 9.17) is 28.3 Å². The Balaban J connectivity index is 1.43. The number of halogens is 2. The van der Waals surface area contributed by atoms with E-state index in [0.717, 1.165) is 65.3 Å². The first-order chi connectivity index (χ1) is 19.9. The van der Waals surface area contributed by atoms with Crippen LogP contribution in [0.15, 0.2) is 54.6 Å². The van der Waals surface area contributed by atoms with Crippen LogP contribution in [0.3, 0.4) is 0 Å². The molecule has 3 heterocycles. The van der Waals surface area contributed by atoms with Gasteiger partial charge in [0.25, 0.3) is 5.91 Å². The van der Waals surface area contributed by atoms with E-state index in [1.165, 1.54) is 12.0 Å². The van der Waals surface area contributed by atoms with Gasteiger partial charge < -0.3 is 5.32 Å². The largest absolute Gasteiger partial charge is 0.310 e. The second-order valence-corrected chi connectivity index (χ2v) is 12.5. The average Bonchev–Trinajstić information content (AvgIpc) is 3.55. The number of rotatable bonds is 7. The van der Waals surface area contributed by atoms with Crippen molar-refractivity contribution < 1.29 is 4.79 Å². The molecule has 1 saturated heterocycles. The quantitative estimate of drug-likeness (QED) is 0.223. The molecule has 0 radical (unpaired) electrons. The van der Waals surface area contributed by atoms with E-state index in [1.54, 1.807) is 28.2 Å². The third-order valence-electron chi connectivity index (χ3n) is 7.32. The molecule has 2 aromatic heterocycles. The minimum atomic E-state index is -0.208. The van der Waals surface area contributed by atoms with Gasteiger partial charge >= 0.3 is 0 Å². The van der Waals surface area contributed by atoms with Crippen molar-refractivity contribution in [2.75, 3.05) is 13.1 Å². The Labute approximate surface area is 254 Å². The SMILES string of the molecule is Cc1ccc(C#Cc2ccc(-c3c(CNC4CC4)c(C(=O)NN4CCCCC4)nn3-c3ccc(Cl)cc3Cl)s2)cc1. The van der Waals surface area contributed by atoms with Gasteiger partial charge in [0.2, 0.25) is 0 Å². The van der Waals surface area contributed by atoms with Crippen LogP contribution < -0.4 is 10.7 Å². The van der Waals surface area contributed by atoms with Gasteiger partial charge in [-0.15, -0.1) is 11.3 Å². The maximum absolute atomic E-state index is 13.7. The van der Waals surface area contributed by atoms with Crippen LogP contribution in [0, 0.1) is 18.8 Å². The fourth-order valence-electron chi connectivity index (χ4n) is 4.92. The molecule has 1 aliphatic heterocycles. The molecular formula is C32H31Cl2N5OS. The van der Waals surface area contributed by atoms with Crippen molar-refractivity contribution in [2.24, 2.45) is 0 Å². The molecule has 1 saturated carbocycles. The van der Waals surface area contributed by atoms with Gasteiger partial charge in [-0.25, -0.2) is 9.69 Å². The summed E-state index contributed by atoms with van der Waals surface area (Å²) in [5.74, 6) is 6.36. The number of hydrogen-bond donors (Lipinski definition) is 2. The zero-order valence-electron chi connectivity index (χ0n) is 22.8. The smallest absolute Gasteiger partial charge is 0.286 e. The number of hydrazine groups is 1. The second kappa shape index (κ2) is 12.4. The predicted octanol–water partition coefficient (Wildman–Crippen LogP) is 7.00. The molecule has 0 bridgehead atoms. The zero-order chi connectivity index (χ0) is 28.3. The summed E-state index contributed by atoms with van der Waals surface area (Å²) >= 11 is 14.5. The molecule has 41 heavy (non-hydrogen) atoms. The summed E-state index contributed by atoms with van der Waals surface area (Å²) in [6.07, 6.45) is 5.60. The fourth-order valence-corrected chi connectivity index (χ4v) is 6.33. The Morgan fingerprint density at radius 1 is 1.02 bits per heavy atom. The highest BCUT2D eigenvalue weighted by atomic mass is 35.5. The van der Waals surface area contributed by atoms with Crippen molar-refractivity contribution >= 4 is 40.4 Å². The second-order valence-electron chi connectivity index (χ2n) is 10.6. The Kier molecular flexibility index (Phi) is 8.47. The Morgan fingerprint density at radius 3 is 2.54 bits per heavy atom. The van der Waals surface area contributed by atoms with E-state index in [0.29, 0.717) is 34.0 Å². The third kappa shape index (κ3) is 6.69. The molecule has 6 nitrogen and oxygen atoms in total. The summed E-state index contributed by atoms with van der Waals surface area (Å²) < 4.78 is 1.79. The number of thiophene rings is 1. The Hall–Kier alpha value is -3.12. The number of carbonyl (C=O) groups excluding carboxylic acids is 1. The standard InChI is InChI=1S/C32H31Cl2N5OS/c1-21-5-7-22(8-6-21)9-13-25-14-16-29(41-25)31-26(20-35-24-11-12-24)30(32(40)37-38-17-3-2-4-18-38)36-39(31)28-15-10-23(33)19-27(28)34/h5-8,10,14-16,19,24,35H,2-4,11-12,17-18,20H2,1H3,(H,37,40). The van der Waals surface area contributed by atoms with Crippen molar-refractivity contribution in [3.63, 3.8) is 0 Å². The summed E-state index contributed by atoms with van der Waals surface area (Å²) in [5.41, 5.74) is 8.02. The number of amides is 1. The number of benzene rings is 2. The first-order valence-electron chi connectivity index (χ1n) is 14.0. The number of nitrogens with zero attached hydrogens (tertiary/aromatic N) is 3. The van der Waals surface area contributed by atoms with Crippen LogP contribution >= 0.6 is 34.5 Å².